The summed E-state index contributed by atoms with van der Waals surface area (Å²) in [5, 5.41) is 29.8. The lowest BCUT2D eigenvalue weighted by atomic mass is 9.98. The van der Waals surface area contributed by atoms with Crippen molar-refractivity contribution >= 4 is 0 Å². The molecule has 0 spiro atoms. The highest BCUT2D eigenvalue weighted by molar-refractivity contribution is 5.70. The molecule has 174 valence electrons. The molecule has 0 amide bonds. The molecule has 0 atom stereocenters. The van der Waals surface area contributed by atoms with E-state index < -0.39 is 0 Å². The maximum absolute atomic E-state index is 10.7. The number of fused-ring (bicyclic) bond motifs is 1. The van der Waals surface area contributed by atoms with E-state index in [1.165, 1.54) is 17.2 Å². The van der Waals surface area contributed by atoms with Gasteiger partial charge in [0.25, 0.3) is 0 Å². The SMILES string of the molecule is COc1ccc(Oc2nnc(-c3cc(C(C)C)c(O)cc3O)n2-c2ccc3c(c2)CCC3)cc1. The monoisotopic (exact) mass is 457 g/mol. The summed E-state index contributed by atoms with van der Waals surface area (Å²) in [6.45, 7) is 3.97. The number of aryl methyl sites for hydroxylation is 2. The number of nitrogens with zero attached hydrogens (tertiary/aromatic N) is 3. The number of aromatic hydroxyl groups is 2. The average molecular weight is 458 g/mol. The van der Waals surface area contributed by atoms with Crippen molar-refractivity contribution in [2.75, 3.05) is 7.11 Å². The minimum absolute atomic E-state index is 0.0505. The second-order valence-corrected chi connectivity index (χ2v) is 8.81. The number of hydrogen-bond donors (Lipinski definition) is 2. The highest BCUT2D eigenvalue weighted by Crippen LogP contribution is 2.40. The van der Waals surface area contributed by atoms with Gasteiger partial charge in [0.05, 0.1) is 18.4 Å². The number of ether oxygens (including phenoxy) is 2. The molecule has 0 saturated carbocycles. The van der Waals surface area contributed by atoms with E-state index in [2.05, 4.69) is 22.3 Å². The molecule has 1 heterocycles. The molecule has 3 aromatic carbocycles. The molecule has 5 rings (SSSR count). The molecule has 4 aromatic rings. The topological polar surface area (TPSA) is 89.6 Å². The third kappa shape index (κ3) is 3.94. The van der Waals surface area contributed by atoms with Crippen molar-refractivity contribution in [3.05, 3.63) is 71.3 Å². The van der Waals surface area contributed by atoms with Crippen LogP contribution in [0.1, 0.15) is 42.9 Å². The van der Waals surface area contributed by atoms with E-state index in [4.69, 9.17) is 9.47 Å². The van der Waals surface area contributed by atoms with E-state index in [1.54, 1.807) is 29.9 Å². The van der Waals surface area contributed by atoms with Gasteiger partial charge in [0, 0.05) is 6.07 Å². The lowest BCUT2D eigenvalue weighted by Crippen LogP contribution is -2.02. The summed E-state index contributed by atoms with van der Waals surface area (Å²) in [6.07, 6.45) is 3.24. The van der Waals surface area contributed by atoms with E-state index >= 15 is 0 Å². The fraction of sp³-hybridized carbons (Fsp3) is 0.259. The maximum atomic E-state index is 10.7. The molecule has 0 fully saturated rings. The van der Waals surface area contributed by atoms with E-state index in [9.17, 15) is 10.2 Å². The number of phenolic OH excluding ortho intramolecular Hbond substituents is 2. The number of rotatable bonds is 6. The molecule has 0 aliphatic heterocycles. The minimum Gasteiger partial charge on any atom is -0.508 e. The van der Waals surface area contributed by atoms with Crippen LogP contribution < -0.4 is 9.47 Å². The van der Waals surface area contributed by atoms with Crippen LogP contribution in [0.5, 0.6) is 29.0 Å². The molecule has 0 saturated heterocycles. The summed E-state index contributed by atoms with van der Waals surface area (Å²) in [6, 6.07) is 16.9. The lowest BCUT2D eigenvalue weighted by Gasteiger charge is -2.15. The summed E-state index contributed by atoms with van der Waals surface area (Å²) in [4.78, 5) is 0. The van der Waals surface area contributed by atoms with Crippen molar-refractivity contribution in [1.82, 2.24) is 14.8 Å². The second-order valence-electron chi connectivity index (χ2n) is 8.81. The van der Waals surface area contributed by atoms with Crippen LogP contribution in [0.15, 0.2) is 54.6 Å². The third-order valence-electron chi connectivity index (χ3n) is 6.25. The van der Waals surface area contributed by atoms with Gasteiger partial charge < -0.3 is 19.7 Å². The fourth-order valence-corrected chi connectivity index (χ4v) is 4.43. The van der Waals surface area contributed by atoms with Gasteiger partial charge in [-0.2, -0.15) is 0 Å². The van der Waals surface area contributed by atoms with Crippen LogP contribution in [0.2, 0.25) is 0 Å². The first-order valence-corrected chi connectivity index (χ1v) is 11.4. The number of aromatic nitrogens is 3. The van der Waals surface area contributed by atoms with Gasteiger partial charge >= 0.3 is 6.01 Å². The van der Waals surface area contributed by atoms with Crippen LogP contribution in [0.25, 0.3) is 17.1 Å². The largest absolute Gasteiger partial charge is 0.508 e. The smallest absolute Gasteiger partial charge is 0.327 e. The van der Waals surface area contributed by atoms with E-state index in [1.807, 2.05) is 32.0 Å². The fourth-order valence-electron chi connectivity index (χ4n) is 4.43. The molecule has 1 aromatic heterocycles. The van der Waals surface area contributed by atoms with Gasteiger partial charge in [-0.15, -0.1) is 5.10 Å². The average Bonchev–Trinajstić information content (AvgIpc) is 3.46. The Morgan fingerprint density at radius 2 is 1.59 bits per heavy atom. The summed E-state index contributed by atoms with van der Waals surface area (Å²) in [7, 11) is 1.61. The molecular weight excluding hydrogens is 430 g/mol. The van der Waals surface area contributed by atoms with E-state index in [-0.39, 0.29) is 23.4 Å². The first-order valence-electron chi connectivity index (χ1n) is 11.4. The maximum Gasteiger partial charge on any atom is 0.327 e. The number of methoxy groups -OCH3 is 1. The van der Waals surface area contributed by atoms with Gasteiger partial charge in [0.15, 0.2) is 5.82 Å². The second kappa shape index (κ2) is 8.74. The Kier molecular flexibility index (Phi) is 5.61. The first-order chi connectivity index (χ1) is 16.4. The molecular formula is C27H27N3O4. The predicted molar refractivity (Wildman–Crippen MR) is 129 cm³/mol. The Morgan fingerprint density at radius 3 is 2.32 bits per heavy atom. The van der Waals surface area contributed by atoms with Crippen molar-refractivity contribution in [3.8, 4) is 46.1 Å². The molecule has 2 N–H and O–H groups in total. The van der Waals surface area contributed by atoms with Crippen molar-refractivity contribution in [2.24, 2.45) is 0 Å². The zero-order chi connectivity index (χ0) is 23.8. The number of benzene rings is 3. The molecule has 0 unspecified atom stereocenters. The summed E-state index contributed by atoms with van der Waals surface area (Å²) in [5.74, 6) is 1.78. The molecule has 34 heavy (non-hydrogen) atoms. The zero-order valence-electron chi connectivity index (χ0n) is 19.4. The molecule has 7 heteroatoms. The number of phenols is 2. The van der Waals surface area contributed by atoms with Crippen molar-refractivity contribution < 1.29 is 19.7 Å². The minimum atomic E-state index is -0.0762. The standard InChI is InChI=1S/C27H27N3O4/c1-16(2)22-14-23(25(32)15-24(22)31)26-28-29-27(34-21-11-9-20(33-3)10-12-21)30(26)19-8-7-17-5-4-6-18(17)13-19/h7-16,31-32H,4-6H2,1-3H3. The van der Waals surface area contributed by atoms with Crippen molar-refractivity contribution in [3.63, 3.8) is 0 Å². The lowest BCUT2D eigenvalue weighted by molar-refractivity contribution is 0.409. The zero-order valence-corrected chi connectivity index (χ0v) is 19.4. The van der Waals surface area contributed by atoms with Crippen molar-refractivity contribution in [2.45, 2.75) is 39.0 Å². The summed E-state index contributed by atoms with van der Waals surface area (Å²) < 4.78 is 13.2. The van der Waals surface area contributed by atoms with Crippen LogP contribution in [0.4, 0.5) is 0 Å². The molecule has 1 aliphatic rings. The van der Waals surface area contributed by atoms with Crippen LogP contribution >= 0.6 is 0 Å². The Labute approximate surface area is 198 Å². The van der Waals surface area contributed by atoms with Crippen LogP contribution in [0.3, 0.4) is 0 Å². The highest BCUT2D eigenvalue weighted by atomic mass is 16.5. The van der Waals surface area contributed by atoms with Gasteiger partial charge in [0.1, 0.15) is 23.0 Å². The molecule has 7 nitrogen and oxygen atoms in total. The third-order valence-corrected chi connectivity index (χ3v) is 6.25. The van der Waals surface area contributed by atoms with Gasteiger partial charge in [-0.05, 0) is 84.3 Å². The van der Waals surface area contributed by atoms with Gasteiger partial charge in [-0.1, -0.05) is 25.0 Å². The highest BCUT2D eigenvalue weighted by Gasteiger charge is 2.23. The van der Waals surface area contributed by atoms with E-state index in [0.717, 1.165) is 30.7 Å². The van der Waals surface area contributed by atoms with Gasteiger partial charge in [0.2, 0.25) is 0 Å². The Hall–Kier alpha value is -4.00. The summed E-state index contributed by atoms with van der Waals surface area (Å²) >= 11 is 0. The number of hydrogen-bond acceptors (Lipinski definition) is 6. The molecule has 0 radical (unpaired) electrons. The van der Waals surface area contributed by atoms with Crippen LogP contribution in [-0.2, 0) is 12.8 Å². The van der Waals surface area contributed by atoms with Gasteiger partial charge in [-0.3, -0.25) is 0 Å². The quantitative estimate of drug-likeness (QED) is 0.383. The van der Waals surface area contributed by atoms with Crippen LogP contribution in [-0.4, -0.2) is 32.1 Å². The molecule has 1 aliphatic carbocycles. The predicted octanol–water partition coefficient (Wildman–Crippen LogP) is 5.76. The summed E-state index contributed by atoms with van der Waals surface area (Å²) in [5.41, 5.74) is 4.69. The van der Waals surface area contributed by atoms with Gasteiger partial charge in [-0.25, -0.2) is 4.57 Å². The Balaban J connectivity index is 1.66. The Morgan fingerprint density at radius 1 is 0.853 bits per heavy atom. The van der Waals surface area contributed by atoms with Crippen LogP contribution in [0, 0.1) is 0 Å². The van der Waals surface area contributed by atoms with Crippen molar-refractivity contribution in [1.29, 1.82) is 0 Å². The molecule has 0 bridgehead atoms. The van der Waals surface area contributed by atoms with E-state index in [0.29, 0.717) is 22.7 Å². The Bertz CT molecular complexity index is 1340. The normalized spacial score (nSPS) is 12.7. The first kappa shape index (κ1) is 21.8.